The summed E-state index contributed by atoms with van der Waals surface area (Å²) in [6, 6.07) is 6.52. The Morgan fingerprint density at radius 3 is 1.90 bits per heavy atom. The number of amides is 2. The zero-order chi connectivity index (χ0) is 14.9. The zero-order valence-corrected chi connectivity index (χ0v) is 11.8. The van der Waals surface area contributed by atoms with Crippen LogP contribution in [0.2, 0.25) is 5.02 Å². The number of hydrogen-bond donors (Lipinski definition) is 2. The SMILES string of the molecule is O=C1C2C3CC(C2C(=O)N1c1ccc(Cl)cc1)[C@H](O)C3O. The van der Waals surface area contributed by atoms with Gasteiger partial charge in [-0.2, -0.15) is 0 Å². The van der Waals surface area contributed by atoms with Crippen molar-refractivity contribution >= 4 is 29.1 Å². The summed E-state index contributed by atoms with van der Waals surface area (Å²) in [6.07, 6.45) is -1.26. The third-order valence-corrected chi connectivity index (χ3v) is 5.43. The second kappa shape index (κ2) is 4.29. The highest BCUT2D eigenvalue weighted by atomic mass is 35.5. The van der Waals surface area contributed by atoms with E-state index in [0.29, 0.717) is 17.1 Å². The van der Waals surface area contributed by atoms with Crippen LogP contribution in [0.4, 0.5) is 5.69 Å². The van der Waals surface area contributed by atoms with Crippen molar-refractivity contribution in [1.29, 1.82) is 0 Å². The van der Waals surface area contributed by atoms with Crippen molar-refractivity contribution in [2.45, 2.75) is 18.6 Å². The molecule has 5 unspecified atom stereocenters. The monoisotopic (exact) mass is 307 g/mol. The van der Waals surface area contributed by atoms with Gasteiger partial charge in [-0.05, 0) is 30.7 Å². The van der Waals surface area contributed by atoms with Crippen molar-refractivity contribution in [1.82, 2.24) is 0 Å². The van der Waals surface area contributed by atoms with Crippen LogP contribution in [0.3, 0.4) is 0 Å². The molecule has 2 aliphatic carbocycles. The van der Waals surface area contributed by atoms with Crippen molar-refractivity contribution in [3.63, 3.8) is 0 Å². The van der Waals surface area contributed by atoms with Crippen molar-refractivity contribution in [3.05, 3.63) is 29.3 Å². The number of anilines is 1. The lowest BCUT2D eigenvalue weighted by Crippen LogP contribution is -2.43. The van der Waals surface area contributed by atoms with Crippen LogP contribution >= 0.6 is 11.6 Å². The smallest absolute Gasteiger partial charge is 0.238 e. The van der Waals surface area contributed by atoms with Crippen LogP contribution in [0.1, 0.15) is 6.42 Å². The summed E-state index contributed by atoms with van der Waals surface area (Å²) in [6.45, 7) is 0. The van der Waals surface area contributed by atoms with E-state index in [0.717, 1.165) is 0 Å². The third-order valence-electron chi connectivity index (χ3n) is 5.18. The number of rotatable bonds is 1. The summed E-state index contributed by atoms with van der Waals surface area (Å²) >= 11 is 5.83. The maximum atomic E-state index is 12.6. The van der Waals surface area contributed by atoms with Crippen LogP contribution < -0.4 is 4.90 Å². The number of hydrogen-bond acceptors (Lipinski definition) is 4. The maximum Gasteiger partial charge on any atom is 0.238 e. The first kappa shape index (κ1) is 13.2. The molecule has 110 valence electrons. The molecular weight excluding hydrogens is 294 g/mol. The summed E-state index contributed by atoms with van der Waals surface area (Å²) < 4.78 is 0. The number of nitrogens with zero attached hydrogens (tertiary/aromatic N) is 1. The molecule has 2 saturated carbocycles. The first-order valence-corrected chi connectivity index (χ1v) is 7.38. The largest absolute Gasteiger partial charge is 0.390 e. The Balaban J connectivity index is 1.73. The molecule has 1 aromatic carbocycles. The van der Waals surface area contributed by atoms with Gasteiger partial charge in [0.1, 0.15) is 0 Å². The van der Waals surface area contributed by atoms with Crippen LogP contribution in [0.25, 0.3) is 0 Å². The summed E-state index contributed by atoms with van der Waals surface area (Å²) in [5.41, 5.74) is 0.493. The van der Waals surface area contributed by atoms with Gasteiger partial charge in [-0.3, -0.25) is 14.5 Å². The van der Waals surface area contributed by atoms with Crippen molar-refractivity contribution < 1.29 is 19.8 Å². The molecule has 1 heterocycles. The molecule has 2 bridgehead atoms. The normalized spacial score (nSPS) is 41.0. The van der Waals surface area contributed by atoms with E-state index in [4.69, 9.17) is 11.6 Å². The molecule has 6 heteroatoms. The molecule has 1 aliphatic heterocycles. The van der Waals surface area contributed by atoms with Crippen LogP contribution in [-0.4, -0.2) is 34.2 Å². The van der Waals surface area contributed by atoms with Crippen LogP contribution in [0, 0.1) is 23.7 Å². The van der Waals surface area contributed by atoms with E-state index in [1.165, 1.54) is 4.90 Å². The lowest BCUT2D eigenvalue weighted by molar-refractivity contribution is -0.129. The minimum atomic E-state index is -0.904. The average molecular weight is 308 g/mol. The van der Waals surface area contributed by atoms with E-state index in [-0.39, 0.29) is 23.7 Å². The quantitative estimate of drug-likeness (QED) is 0.753. The van der Waals surface area contributed by atoms with Gasteiger partial charge in [0, 0.05) is 16.9 Å². The van der Waals surface area contributed by atoms with E-state index in [2.05, 4.69) is 0 Å². The minimum absolute atomic E-state index is 0.272. The van der Waals surface area contributed by atoms with Gasteiger partial charge < -0.3 is 10.2 Å². The number of fused-ring (bicyclic) bond motifs is 5. The number of aliphatic hydroxyl groups excluding tert-OH is 2. The third kappa shape index (κ3) is 1.59. The Hall–Kier alpha value is -1.43. The van der Waals surface area contributed by atoms with Crippen molar-refractivity contribution in [2.75, 3.05) is 4.90 Å². The predicted molar refractivity (Wildman–Crippen MR) is 74.5 cm³/mol. The molecular formula is C15H14ClNO4. The fraction of sp³-hybridized carbons (Fsp3) is 0.467. The lowest BCUT2D eigenvalue weighted by Gasteiger charge is -2.29. The second-order valence-electron chi connectivity index (χ2n) is 6.08. The average Bonchev–Trinajstić information content (AvgIpc) is 3.06. The number of aliphatic hydroxyl groups is 2. The van der Waals surface area contributed by atoms with Gasteiger partial charge in [-0.25, -0.2) is 0 Å². The van der Waals surface area contributed by atoms with Gasteiger partial charge in [0.05, 0.1) is 29.7 Å². The molecule has 21 heavy (non-hydrogen) atoms. The predicted octanol–water partition coefficient (Wildman–Crippen LogP) is 0.817. The molecule has 6 atom stereocenters. The molecule has 3 aliphatic rings. The number of benzene rings is 1. The van der Waals surface area contributed by atoms with Gasteiger partial charge >= 0.3 is 0 Å². The highest BCUT2D eigenvalue weighted by Crippen LogP contribution is 2.56. The molecule has 0 radical (unpaired) electrons. The molecule has 2 amide bonds. The van der Waals surface area contributed by atoms with Gasteiger partial charge in [0.25, 0.3) is 0 Å². The van der Waals surface area contributed by atoms with Crippen molar-refractivity contribution in [3.8, 4) is 0 Å². The molecule has 4 rings (SSSR count). The molecule has 1 saturated heterocycles. The standard InChI is InChI=1S/C15H14ClNO4/c16-6-1-3-7(4-2-6)17-14(20)10-8-5-9(11(10)15(17)21)13(19)12(8)18/h1-4,8-13,18-19H,5H2/t8?,9?,10?,11?,12-,13?/m0/s1. The highest BCUT2D eigenvalue weighted by Gasteiger charge is 2.67. The Kier molecular flexibility index (Phi) is 2.70. The van der Waals surface area contributed by atoms with Gasteiger partial charge in [-0.1, -0.05) is 11.6 Å². The molecule has 3 fully saturated rings. The topological polar surface area (TPSA) is 77.8 Å². The number of imide groups is 1. The zero-order valence-electron chi connectivity index (χ0n) is 11.0. The van der Waals surface area contributed by atoms with Crippen LogP contribution in [0.15, 0.2) is 24.3 Å². The fourth-order valence-corrected chi connectivity index (χ4v) is 4.40. The first-order valence-electron chi connectivity index (χ1n) is 7.00. The Labute approximate surface area is 126 Å². The summed E-state index contributed by atoms with van der Waals surface area (Å²) in [7, 11) is 0. The second-order valence-corrected chi connectivity index (χ2v) is 6.52. The minimum Gasteiger partial charge on any atom is -0.390 e. The van der Waals surface area contributed by atoms with Gasteiger partial charge in [0.2, 0.25) is 11.8 Å². The van der Waals surface area contributed by atoms with Crippen LogP contribution in [-0.2, 0) is 9.59 Å². The fourth-order valence-electron chi connectivity index (χ4n) is 4.28. The summed E-state index contributed by atoms with van der Waals surface area (Å²) in [4.78, 5) is 26.4. The molecule has 1 aromatic rings. The Morgan fingerprint density at radius 1 is 0.952 bits per heavy atom. The number of carbonyl (C=O) groups is 2. The van der Waals surface area contributed by atoms with Crippen molar-refractivity contribution in [2.24, 2.45) is 23.7 Å². The van der Waals surface area contributed by atoms with Crippen LogP contribution in [0.5, 0.6) is 0 Å². The summed E-state index contributed by atoms with van der Waals surface area (Å²) in [5, 5.41) is 20.5. The Morgan fingerprint density at radius 2 is 1.43 bits per heavy atom. The first-order chi connectivity index (χ1) is 10.0. The maximum absolute atomic E-state index is 12.6. The molecule has 2 N–H and O–H groups in total. The lowest BCUT2D eigenvalue weighted by atomic mass is 9.78. The van der Waals surface area contributed by atoms with E-state index in [1.54, 1.807) is 24.3 Å². The molecule has 5 nitrogen and oxygen atoms in total. The number of halogens is 1. The van der Waals surface area contributed by atoms with Gasteiger partial charge in [0.15, 0.2) is 0 Å². The van der Waals surface area contributed by atoms with E-state index in [9.17, 15) is 19.8 Å². The van der Waals surface area contributed by atoms with E-state index in [1.807, 2.05) is 0 Å². The summed E-state index contributed by atoms with van der Waals surface area (Å²) in [5.74, 6) is -2.18. The molecule has 0 spiro atoms. The van der Waals surface area contributed by atoms with Gasteiger partial charge in [-0.15, -0.1) is 0 Å². The van der Waals surface area contributed by atoms with E-state index >= 15 is 0 Å². The highest BCUT2D eigenvalue weighted by molar-refractivity contribution is 6.30. The Bertz CT molecular complexity index is 599. The molecule has 0 aromatic heterocycles. The van der Waals surface area contributed by atoms with E-state index < -0.39 is 24.0 Å². The number of carbonyl (C=O) groups excluding carboxylic acids is 2.